The molecule has 2 amide bonds. The van der Waals surface area contributed by atoms with Crippen molar-refractivity contribution < 1.29 is 23.9 Å². The second-order valence-corrected chi connectivity index (χ2v) is 2.56. The Morgan fingerprint density at radius 3 is 2.56 bits per heavy atom. The molecule has 0 saturated heterocycles. The molecule has 0 aromatic heterocycles. The van der Waals surface area contributed by atoms with Gasteiger partial charge in [-0.25, -0.2) is 0 Å². The van der Waals surface area contributed by atoms with Crippen molar-refractivity contribution in [3.8, 4) is 0 Å². The minimum Gasteiger partial charge on any atom is -0.465 e. The summed E-state index contributed by atoms with van der Waals surface area (Å²) in [6.45, 7) is 1.37. The van der Waals surface area contributed by atoms with E-state index < -0.39 is 17.8 Å². The minimum atomic E-state index is -0.652. The fraction of sp³-hybridized carbons (Fsp3) is 0.500. The monoisotopic (exact) mass is 229 g/mol. The average Bonchev–Trinajstić information content (AvgIpc) is 2.24. The van der Waals surface area contributed by atoms with E-state index in [0.717, 1.165) is 6.21 Å². The van der Waals surface area contributed by atoms with Crippen LogP contribution in [0.3, 0.4) is 0 Å². The van der Waals surface area contributed by atoms with Gasteiger partial charge in [0.2, 0.25) is 5.91 Å². The van der Waals surface area contributed by atoms with Crippen molar-refractivity contribution in [1.29, 1.82) is 5.53 Å². The molecular formula is C8H13N4O4+. The number of esters is 1. The average molecular weight is 229 g/mol. The Kier molecular flexibility index (Phi) is 7.00. The van der Waals surface area contributed by atoms with Crippen molar-refractivity contribution in [2.45, 2.75) is 6.92 Å². The zero-order valence-electron chi connectivity index (χ0n) is 8.78. The maximum absolute atomic E-state index is 11.0. The zero-order valence-corrected chi connectivity index (χ0v) is 8.78. The lowest BCUT2D eigenvalue weighted by Gasteiger charge is -2.04. The molecule has 0 aliphatic heterocycles. The van der Waals surface area contributed by atoms with Crippen molar-refractivity contribution >= 4 is 24.0 Å². The van der Waals surface area contributed by atoms with Crippen LogP contribution in [-0.4, -0.2) is 48.5 Å². The molecule has 88 valence electrons. The Labute approximate surface area is 91.6 Å². The molecule has 0 aromatic rings. The predicted molar refractivity (Wildman–Crippen MR) is 51.7 cm³/mol. The summed E-state index contributed by atoms with van der Waals surface area (Å²) in [7, 11) is 0. The first kappa shape index (κ1) is 13.8. The molecule has 0 bridgehead atoms. The first-order chi connectivity index (χ1) is 7.60. The number of nitrogens with one attached hydrogen (secondary N) is 3. The highest BCUT2D eigenvalue weighted by Gasteiger charge is 2.08. The lowest BCUT2D eigenvalue weighted by atomic mass is 10.5. The zero-order chi connectivity index (χ0) is 12.4. The molecule has 0 unspecified atom stereocenters. The number of amides is 2. The SMILES string of the molecule is CCOC(=O)CNC(=O)CNC(=O)C=[N+]=N. The van der Waals surface area contributed by atoms with Crippen molar-refractivity contribution in [2.24, 2.45) is 0 Å². The van der Waals surface area contributed by atoms with Gasteiger partial charge in [0, 0.05) is 0 Å². The van der Waals surface area contributed by atoms with E-state index in [1.807, 2.05) is 0 Å². The van der Waals surface area contributed by atoms with E-state index in [9.17, 15) is 14.4 Å². The molecular weight excluding hydrogens is 216 g/mol. The maximum Gasteiger partial charge on any atom is 0.394 e. The van der Waals surface area contributed by atoms with Gasteiger partial charge in [0.1, 0.15) is 6.54 Å². The fourth-order valence-corrected chi connectivity index (χ4v) is 0.717. The molecule has 0 radical (unpaired) electrons. The standard InChI is InChI=1S/C8H12N4O4/c1-2-16-8(15)5-11-6(13)3-10-7(14)4-12-9/h4,9H,2-3,5H2,1H3,(H-,10,11,13,14)/p+1. The van der Waals surface area contributed by atoms with Crippen molar-refractivity contribution in [1.82, 2.24) is 10.6 Å². The number of nitrogens with zero attached hydrogens (tertiary/aromatic N) is 1. The predicted octanol–water partition coefficient (Wildman–Crippen LogP) is -1.91. The van der Waals surface area contributed by atoms with Gasteiger partial charge >= 0.3 is 18.1 Å². The van der Waals surface area contributed by atoms with Crippen LogP contribution in [-0.2, 0) is 19.1 Å². The van der Waals surface area contributed by atoms with Gasteiger partial charge in [0.25, 0.3) is 0 Å². The molecule has 3 N–H and O–H groups in total. The summed E-state index contributed by atoms with van der Waals surface area (Å²) in [6, 6.07) is 0. The third kappa shape index (κ3) is 7.22. The lowest BCUT2D eigenvalue weighted by molar-refractivity contribution is -0.143. The minimum absolute atomic E-state index is 0.241. The van der Waals surface area contributed by atoms with Crippen molar-refractivity contribution in [2.75, 3.05) is 19.7 Å². The van der Waals surface area contributed by atoms with Gasteiger partial charge in [-0.15, -0.1) is 0 Å². The van der Waals surface area contributed by atoms with Crippen LogP contribution in [0.15, 0.2) is 0 Å². The van der Waals surface area contributed by atoms with Gasteiger partial charge in [-0.05, 0) is 6.92 Å². The third-order valence-electron chi connectivity index (χ3n) is 1.34. The number of carbonyl (C=O) groups is 3. The highest BCUT2D eigenvalue weighted by molar-refractivity contribution is 6.24. The molecule has 8 nitrogen and oxygen atoms in total. The molecule has 0 fully saturated rings. The highest BCUT2D eigenvalue weighted by atomic mass is 16.5. The number of carbonyl (C=O) groups excluding carboxylic acids is 3. The molecule has 0 rings (SSSR count). The number of hydrogen-bond acceptors (Lipinski definition) is 5. The third-order valence-corrected chi connectivity index (χ3v) is 1.34. The van der Waals surface area contributed by atoms with Crippen LogP contribution in [0.25, 0.3) is 0 Å². The van der Waals surface area contributed by atoms with E-state index in [1.165, 1.54) is 0 Å². The molecule has 0 aliphatic carbocycles. The van der Waals surface area contributed by atoms with Crippen LogP contribution < -0.4 is 10.6 Å². The normalized spacial score (nSPS) is 8.56. The molecule has 0 heterocycles. The van der Waals surface area contributed by atoms with Gasteiger partial charge in [-0.2, -0.15) is 0 Å². The van der Waals surface area contributed by atoms with E-state index in [-0.39, 0.29) is 19.7 Å². The second kappa shape index (κ2) is 8.13. The Morgan fingerprint density at radius 2 is 2.00 bits per heavy atom. The summed E-state index contributed by atoms with van der Waals surface area (Å²) < 4.78 is 4.57. The van der Waals surface area contributed by atoms with Gasteiger partial charge < -0.3 is 15.4 Å². The fourth-order valence-electron chi connectivity index (χ4n) is 0.717. The van der Waals surface area contributed by atoms with Crippen LogP contribution in [0.4, 0.5) is 0 Å². The summed E-state index contributed by atoms with van der Waals surface area (Å²) in [5, 5.41) is 4.41. The van der Waals surface area contributed by atoms with Crippen LogP contribution in [0.1, 0.15) is 6.92 Å². The lowest BCUT2D eigenvalue weighted by Crippen LogP contribution is -2.39. The van der Waals surface area contributed by atoms with Gasteiger partial charge in [0.15, 0.2) is 0 Å². The smallest absolute Gasteiger partial charge is 0.394 e. The molecule has 0 aliphatic rings. The van der Waals surface area contributed by atoms with Crippen LogP contribution in [0, 0.1) is 5.53 Å². The topological polar surface area (TPSA) is 122 Å². The van der Waals surface area contributed by atoms with E-state index in [2.05, 4.69) is 20.2 Å². The van der Waals surface area contributed by atoms with Crippen LogP contribution >= 0.6 is 0 Å². The van der Waals surface area contributed by atoms with E-state index in [1.54, 1.807) is 6.92 Å². The first-order valence-corrected chi connectivity index (χ1v) is 4.50. The van der Waals surface area contributed by atoms with Crippen LogP contribution in [0.2, 0.25) is 0 Å². The van der Waals surface area contributed by atoms with Gasteiger partial charge in [0.05, 0.1) is 23.5 Å². The molecule has 0 atom stereocenters. The Hall–Kier alpha value is -2.21. The molecule has 0 saturated carbocycles. The molecule has 0 aromatic carbocycles. The number of rotatable bonds is 6. The summed E-state index contributed by atoms with van der Waals surface area (Å²) in [5.74, 6) is -1.73. The van der Waals surface area contributed by atoms with E-state index in [4.69, 9.17) is 5.53 Å². The molecule has 16 heavy (non-hydrogen) atoms. The van der Waals surface area contributed by atoms with Gasteiger partial charge in [-0.3, -0.25) is 14.4 Å². The van der Waals surface area contributed by atoms with E-state index in [0.29, 0.717) is 0 Å². The molecule has 8 heteroatoms. The summed E-state index contributed by atoms with van der Waals surface area (Å²) in [4.78, 5) is 35.3. The summed E-state index contributed by atoms with van der Waals surface area (Å²) in [6.07, 6.45) is 0.721. The number of hydrogen-bond donors (Lipinski definition) is 3. The summed E-state index contributed by atoms with van der Waals surface area (Å²) in [5.41, 5.74) is 6.35. The van der Waals surface area contributed by atoms with Gasteiger partial charge in [-0.1, -0.05) is 0 Å². The summed E-state index contributed by atoms with van der Waals surface area (Å²) >= 11 is 0. The Morgan fingerprint density at radius 1 is 1.31 bits per heavy atom. The Bertz CT molecular complexity index is 322. The largest absolute Gasteiger partial charge is 0.465 e. The second-order valence-electron chi connectivity index (χ2n) is 2.56. The quantitative estimate of drug-likeness (QED) is 0.213. The maximum atomic E-state index is 11.0. The van der Waals surface area contributed by atoms with Crippen molar-refractivity contribution in [3.63, 3.8) is 0 Å². The Balaban J connectivity index is 3.71. The molecule has 0 spiro atoms. The van der Waals surface area contributed by atoms with Crippen LogP contribution in [0.5, 0.6) is 0 Å². The first-order valence-electron chi connectivity index (χ1n) is 4.50. The number of ether oxygens (including phenoxy) is 1. The van der Waals surface area contributed by atoms with E-state index >= 15 is 0 Å². The van der Waals surface area contributed by atoms with Crippen molar-refractivity contribution in [3.05, 3.63) is 0 Å². The highest BCUT2D eigenvalue weighted by Crippen LogP contribution is 1.75.